The summed E-state index contributed by atoms with van der Waals surface area (Å²) in [6.07, 6.45) is 3.76. The number of aromatic amines is 1. The van der Waals surface area contributed by atoms with Gasteiger partial charge in [0.25, 0.3) is 0 Å². The van der Waals surface area contributed by atoms with Crippen molar-refractivity contribution in [3.8, 4) is 0 Å². The maximum Gasteiger partial charge on any atom is 0.407 e. The number of hydrogen-bond donors (Lipinski definition) is 3. The molecule has 0 unspecified atom stereocenters. The Morgan fingerprint density at radius 1 is 1.47 bits per heavy atom. The number of amides is 1. The topological polar surface area (TPSA) is 79.0 Å². The Morgan fingerprint density at radius 2 is 2.24 bits per heavy atom. The molecule has 0 aromatic carbocycles. The smallest absolute Gasteiger partial charge is 0.407 e. The molecule has 0 aliphatic heterocycles. The third kappa shape index (κ3) is 6.44. The van der Waals surface area contributed by atoms with Gasteiger partial charge >= 0.3 is 6.09 Å². The minimum absolute atomic E-state index is 0.376. The lowest BCUT2D eigenvalue weighted by Crippen LogP contribution is -2.33. The van der Waals surface area contributed by atoms with Crippen LogP contribution in [0.1, 0.15) is 27.2 Å². The van der Waals surface area contributed by atoms with Gasteiger partial charge in [-0.2, -0.15) is 0 Å². The molecular formula is C11H20N4O2. The van der Waals surface area contributed by atoms with Gasteiger partial charge in [-0.05, 0) is 27.2 Å². The molecule has 6 heteroatoms. The molecule has 0 aliphatic carbocycles. The molecule has 1 amide bonds. The number of carbonyl (C=O) groups is 1. The van der Waals surface area contributed by atoms with Crippen LogP contribution in [-0.2, 0) is 4.74 Å². The molecule has 0 aliphatic rings. The zero-order chi connectivity index (χ0) is 12.7. The summed E-state index contributed by atoms with van der Waals surface area (Å²) in [7, 11) is 0. The van der Waals surface area contributed by atoms with Gasteiger partial charge in [-0.15, -0.1) is 0 Å². The predicted octanol–water partition coefficient (Wildman–Crippen LogP) is 1.74. The number of aromatic nitrogens is 2. The second-order valence-electron chi connectivity index (χ2n) is 4.67. The number of ether oxygens (including phenoxy) is 1. The molecule has 0 saturated heterocycles. The number of hydrogen-bond acceptors (Lipinski definition) is 4. The van der Waals surface area contributed by atoms with Crippen LogP contribution in [0.4, 0.5) is 10.6 Å². The molecule has 96 valence electrons. The molecule has 0 bridgehead atoms. The van der Waals surface area contributed by atoms with Gasteiger partial charge in [0, 0.05) is 13.1 Å². The number of carbonyl (C=O) groups excluding carboxylic acids is 1. The van der Waals surface area contributed by atoms with Crippen LogP contribution in [0.15, 0.2) is 12.5 Å². The number of H-pyrrole nitrogens is 1. The highest BCUT2D eigenvalue weighted by molar-refractivity contribution is 5.67. The highest BCUT2D eigenvalue weighted by atomic mass is 16.6. The molecule has 1 aromatic heterocycles. The number of imidazole rings is 1. The van der Waals surface area contributed by atoms with Crippen molar-refractivity contribution in [1.29, 1.82) is 0 Å². The Hall–Kier alpha value is -1.72. The zero-order valence-electron chi connectivity index (χ0n) is 10.5. The molecule has 0 saturated carbocycles. The van der Waals surface area contributed by atoms with Crippen LogP contribution in [0, 0.1) is 0 Å². The van der Waals surface area contributed by atoms with Gasteiger partial charge in [-0.3, -0.25) is 0 Å². The molecule has 1 heterocycles. The fourth-order valence-corrected chi connectivity index (χ4v) is 1.17. The van der Waals surface area contributed by atoms with Crippen molar-refractivity contribution >= 4 is 11.9 Å². The first-order valence-electron chi connectivity index (χ1n) is 5.66. The van der Waals surface area contributed by atoms with E-state index in [9.17, 15) is 4.79 Å². The first-order valence-corrected chi connectivity index (χ1v) is 5.66. The average molecular weight is 240 g/mol. The lowest BCUT2D eigenvalue weighted by Gasteiger charge is -2.19. The maximum atomic E-state index is 11.3. The van der Waals surface area contributed by atoms with Crippen LogP contribution < -0.4 is 10.6 Å². The molecule has 0 fully saturated rings. The van der Waals surface area contributed by atoms with Crippen LogP contribution in [0.3, 0.4) is 0 Å². The lowest BCUT2D eigenvalue weighted by molar-refractivity contribution is 0.0528. The standard InChI is InChI=1S/C11H20N4O2/c1-11(2,3)17-10(16)14-6-4-5-13-9-7-12-8-15-9/h7-8,13H,4-6H2,1-3H3,(H,12,15)(H,14,16). The van der Waals surface area contributed by atoms with Crippen molar-refractivity contribution in [2.75, 3.05) is 18.4 Å². The van der Waals surface area contributed by atoms with E-state index in [-0.39, 0.29) is 6.09 Å². The molecule has 0 spiro atoms. The Bertz CT molecular complexity index is 330. The van der Waals surface area contributed by atoms with Crippen molar-refractivity contribution in [2.45, 2.75) is 32.8 Å². The normalized spacial score (nSPS) is 11.0. The first kappa shape index (κ1) is 13.3. The minimum atomic E-state index is -0.446. The van der Waals surface area contributed by atoms with E-state index < -0.39 is 5.60 Å². The number of alkyl carbamates (subject to hydrolysis) is 1. The number of nitrogens with one attached hydrogen (secondary N) is 3. The van der Waals surface area contributed by atoms with Gasteiger partial charge in [0.1, 0.15) is 11.4 Å². The SMILES string of the molecule is CC(C)(C)OC(=O)NCCCNc1cnc[nH]1. The molecule has 1 rings (SSSR count). The predicted molar refractivity (Wildman–Crippen MR) is 65.9 cm³/mol. The van der Waals surface area contributed by atoms with E-state index in [1.165, 1.54) is 0 Å². The molecule has 6 nitrogen and oxygen atoms in total. The van der Waals surface area contributed by atoms with E-state index in [0.717, 1.165) is 18.8 Å². The van der Waals surface area contributed by atoms with Crippen molar-refractivity contribution in [3.63, 3.8) is 0 Å². The van der Waals surface area contributed by atoms with Gasteiger partial charge in [-0.25, -0.2) is 9.78 Å². The number of rotatable bonds is 5. The second-order valence-corrected chi connectivity index (χ2v) is 4.67. The van der Waals surface area contributed by atoms with Gasteiger partial charge in [0.2, 0.25) is 0 Å². The summed E-state index contributed by atoms with van der Waals surface area (Å²) >= 11 is 0. The molecule has 3 N–H and O–H groups in total. The molecule has 1 aromatic rings. The van der Waals surface area contributed by atoms with Gasteiger partial charge in [-0.1, -0.05) is 0 Å². The number of nitrogens with zero attached hydrogens (tertiary/aromatic N) is 1. The summed E-state index contributed by atoms with van der Waals surface area (Å²) in [5, 5.41) is 5.83. The first-order chi connectivity index (χ1) is 7.97. The fourth-order valence-electron chi connectivity index (χ4n) is 1.17. The van der Waals surface area contributed by atoms with E-state index in [4.69, 9.17) is 4.74 Å². The highest BCUT2D eigenvalue weighted by Gasteiger charge is 2.15. The summed E-state index contributed by atoms with van der Waals surface area (Å²) in [6, 6.07) is 0. The van der Waals surface area contributed by atoms with E-state index in [1.807, 2.05) is 20.8 Å². The van der Waals surface area contributed by atoms with Crippen LogP contribution in [-0.4, -0.2) is 34.8 Å². The van der Waals surface area contributed by atoms with Crippen molar-refractivity contribution in [3.05, 3.63) is 12.5 Å². The molecular weight excluding hydrogens is 220 g/mol. The number of anilines is 1. The van der Waals surface area contributed by atoms with Gasteiger partial charge in [0.05, 0.1) is 12.5 Å². The van der Waals surface area contributed by atoms with Gasteiger partial charge < -0.3 is 20.4 Å². The third-order valence-corrected chi connectivity index (χ3v) is 1.84. The summed E-state index contributed by atoms with van der Waals surface area (Å²) < 4.78 is 5.10. The summed E-state index contributed by atoms with van der Waals surface area (Å²) in [5.74, 6) is 0.877. The summed E-state index contributed by atoms with van der Waals surface area (Å²) in [6.45, 7) is 6.86. The Labute approximate surface area is 101 Å². The van der Waals surface area contributed by atoms with Crippen LogP contribution in [0.5, 0.6) is 0 Å². The van der Waals surface area contributed by atoms with Crippen molar-refractivity contribution in [2.24, 2.45) is 0 Å². The Kier molecular flexibility index (Phi) is 4.81. The summed E-state index contributed by atoms with van der Waals surface area (Å²) in [4.78, 5) is 18.1. The highest BCUT2D eigenvalue weighted by Crippen LogP contribution is 2.06. The molecule has 0 atom stereocenters. The minimum Gasteiger partial charge on any atom is -0.444 e. The van der Waals surface area contributed by atoms with Gasteiger partial charge in [0.15, 0.2) is 0 Å². The fraction of sp³-hybridized carbons (Fsp3) is 0.636. The van der Waals surface area contributed by atoms with E-state index in [2.05, 4.69) is 20.6 Å². The second kappa shape index (κ2) is 6.12. The van der Waals surface area contributed by atoms with Crippen molar-refractivity contribution in [1.82, 2.24) is 15.3 Å². The molecule has 0 radical (unpaired) electrons. The maximum absolute atomic E-state index is 11.3. The quantitative estimate of drug-likeness (QED) is 0.685. The van der Waals surface area contributed by atoms with E-state index in [0.29, 0.717) is 6.54 Å². The average Bonchev–Trinajstić information content (AvgIpc) is 2.67. The monoisotopic (exact) mass is 240 g/mol. The molecule has 17 heavy (non-hydrogen) atoms. The largest absolute Gasteiger partial charge is 0.444 e. The van der Waals surface area contributed by atoms with Crippen LogP contribution in [0.25, 0.3) is 0 Å². The summed E-state index contributed by atoms with van der Waals surface area (Å²) in [5.41, 5.74) is -0.446. The van der Waals surface area contributed by atoms with E-state index in [1.54, 1.807) is 12.5 Å². The zero-order valence-corrected chi connectivity index (χ0v) is 10.5. The van der Waals surface area contributed by atoms with Crippen LogP contribution >= 0.6 is 0 Å². The third-order valence-electron chi connectivity index (χ3n) is 1.84. The Balaban J connectivity index is 2.02. The van der Waals surface area contributed by atoms with Crippen molar-refractivity contribution < 1.29 is 9.53 Å². The van der Waals surface area contributed by atoms with E-state index >= 15 is 0 Å². The van der Waals surface area contributed by atoms with Crippen LogP contribution in [0.2, 0.25) is 0 Å². The lowest BCUT2D eigenvalue weighted by atomic mass is 10.2. The Morgan fingerprint density at radius 3 is 2.82 bits per heavy atom.